The first-order valence-electron chi connectivity index (χ1n) is 3.87. The van der Waals surface area contributed by atoms with Gasteiger partial charge in [-0.2, -0.15) is 0 Å². The molecule has 0 radical (unpaired) electrons. The molecule has 0 amide bonds. The predicted molar refractivity (Wildman–Crippen MR) is 39.4 cm³/mol. The van der Waals surface area contributed by atoms with Crippen LogP contribution >= 0.6 is 0 Å². The summed E-state index contributed by atoms with van der Waals surface area (Å²) >= 11 is 0. The fraction of sp³-hybridized carbons (Fsp3) is 0.778. The normalized spacial score (nSPS) is 50.2. The van der Waals surface area contributed by atoms with Crippen LogP contribution in [0.1, 0.15) is 20.3 Å². The molecular weight excluding hydrogens is 124 g/mol. The Morgan fingerprint density at radius 2 is 2.40 bits per heavy atom. The summed E-state index contributed by atoms with van der Waals surface area (Å²) in [6.07, 6.45) is 1.48. The van der Waals surface area contributed by atoms with Gasteiger partial charge in [0.15, 0.2) is 0 Å². The summed E-state index contributed by atoms with van der Waals surface area (Å²) < 4.78 is 5.47. The highest BCUT2D eigenvalue weighted by molar-refractivity contribution is 5.31. The maximum atomic E-state index is 5.47. The summed E-state index contributed by atoms with van der Waals surface area (Å²) in [6.45, 7) is 5.26. The van der Waals surface area contributed by atoms with Crippen molar-refractivity contribution >= 4 is 0 Å². The van der Waals surface area contributed by atoms with Gasteiger partial charge in [-0.3, -0.25) is 0 Å². The predicted octanol–water partition coefficient (Wildman–Crippen LogP) is 1.43. The molecule has 2 rings (SSSR count). The lowest BCUT2D eigenvalue weighted by atomic mass is 9.65. The third kappa shape index (κ3) is 0.630. The van der Waals surface area contributed by atoms with E-state index in [1.54, 1.807) is 0 Å². The lowest BCUT2D eigenvalue weighted by Crippen LogP contribution is -2.44. The number of ether oxygens (including phenoxy) is 1. The number of rotatable bonds is 0. The largest absolute Gasteiger partial charge is 0.377 e. The topological polar surface area (TPSA) is 9.23 Å². The van der Waals surface area contributed by atoms with Crippen LogP contribution in [0.2, 0.25) is 0 Å². The molecule has 2 aliphatic rings. The zero-order chi connectivity index (χ0) is 7.19. The molecule has 1 fully saturated rings. The van der Waals surface area contributed by atoms with Gasteiger partial charge >= 0.3 is 0 Å². The van der Waals surface area contributed by atoms with E-state index in [0.29, 0.717) is 17.4 Å². The van der Waals surface area contributed by atoms with E-state index < -0.39 is 0 Å². The molecule has 1 saturated heterocycles. The fourth-order valence-corrected chi connectivity index (χ4v) is 1.81. The Bertz CT molecular complexity index is 211. The average Bonchev–Trinajstić information content (AvgIpc) is 1.83. The summed E-state index contributed by atoms with van der Waals surface area (Å²) in [6, 6.07) is 0. The van der Waals surface area contributed by atoms with Crippen molar-refractivity contribution in [2.75, 3.05) is 6.61 Å². The summed E-state index contributed by atoms with van der Waals surface area (Å²) in [4.78, 5) is 0. The van der Waals surface area contributed by atoms with Crippen molar-refractivity contribution in [2.45, 2.75) is 26.4 Å². The van der Waals surface area contributed by atoms with E-state index in [1.165, 1.54) is 0 Å². The van der Waals surface area contributed by atoms with Crippen LogP contribution in [0.3, 0.4) is 0 Å². The molecule has 1 heteroatoms. The standard InChI is InChI=1S/C9H12O/c1-7-8-3-4-9(8,2)5-6-10-7/h7-8H,5-6H2,1-2H3/t7-,8-,9+/m0/s1. The second-order valence-electron chi connectivity index (χ2n) is 3.49. The summed E-state index contributed by atoms with van der Waals surface area (Å²) in [5.41, 5.74) is 0.303. The lowest BCUT2D eigenvalue weighted by molar-refractivity contribution is -0.0502. The Morgan fingerprint density at radius 3 is 2.80 bits per heavy atom. The van der Waals surface area contributed by atoms with Gasteiger partial charge in [-0.05, 0) is 20.3 Å². The molecule has 0 unspecified atom stereocenters. The van der Waals surface area contributed by atoms with Crippen LogP contribution in [0.25, 0.3) is 0 Å². The van der Waals surface area contributed by atoms with Crippen LogP contribution in [-0.4, -0.2) is 12.7 Å². The molecule has 10 heavy (non-hydrogen) atoms. The van der Waals surface area contributed by atoms with Crippen molar-refractivity contribution in [2.24, 2.45) is 11.3 Å². The van der Waals surface area contributed by atoms with E-state index in [1.807, 2.05) is 0 Å². The number of fused-ring (bicyclic) bond motifs is 1. The van der Waals surface area contributed by atoms with E-state index in [-0.39, 0.29) is 0 Å². The van der Waals surface area contributed by atoms with E-state index in [0.717, 1.165) is 13.0 Å². The fourth-order valence-electron chi connectivity index (χ4n) is 1.81. The van der Waals surface area contributed by atoms with Crippen molar-refractivity contribution in [1.82, 2.24) is 0 Å². The van der Waals surface area contributed by atoms with Crippen LogP contribution < -0.4 is 0 Å². The molecule has 0 aromatic rings. The summed E-state index contributed by atoms with van der Waals surface area (Å²) in [5, 5.41) is 0. The third-order valence-electron chi connectivity index (χ3n) is 2.67. The SMILES string of the molecule is C[C@@H]1OCC[C@@]2(C)C#C[C@@H]12. The minimum atomic E-state index is 0.303. The zero-order valence-corrected chi connectivity index (χ0v) is 6.48. The Hall–Kier alpha value is -0.480. The Balaban J connectivity index is 2.22. The average molecular weight is 136 g/mol. The van der Waals surface area contributed by atoms with Crippen molar-refractivity contribution in [1.29, 1.82) is 0 Å². The zero-order valence-electron chi connectivity index (χ0n) is 6.48. The monoisotopic (exact) mass is 136 g/mol. The quantitative estimate of drug-likeness (QED) is 0.458. The van der Waals surface area contributed by atoms with Gasteiger partial charge in [0, 0.05) is 12.0 Å². The molecule has 54 valence electrons. The van der Waals surface area contributed by atoms with E-state index in [4.69, 9.17) is 4.74 Å². The Kier molecular flexibility index (Phi) is 1.10. The van der Waals surface area contributed by atoms with Gasteiger partial charge in [0.1, 0.15) is 0 Å². The molecule has 1 aliphatic carbocycles. The Labute approximate surface area is 61.8 Å². The van der Waals surface area contributed by atoms with Crippen molar-refractivity contribution < 1.29 is 4.74 Å². The summed E-state index contributed by atoms with van der Waals surface area (Å²) in [5.74, 6) is 6.90. The van der Waals surface area contributed by atoms with Crippen molar-refractivity contribution in [3.8, 4) is 11.8 Å². The highest BCUT2D eigenvalue weighted by atomic mass is 16.5. The van der Waals surface area contributed by atoms with Gasteiger partial charge in [-0.25, -0.2) is 0 Å². The highest BCUT2D eigenvalue weighted by Gasteiger charge is 2.43. The van der Waals surface area contributed by atoms with E-state index in [2.05, 4.69) is 25.7 Å². The lowest BCUT2D eigenvalue weighted by Gasteiger charge is -2.43. The minimum Gasteiger partial charge on any atom is -0.377 e. The number of hydrogen-bond acceptors (Lipinski definition) is 1. The molecular formula is C9H12O. The molecule has 1 heterocycles. The van der Waals surface area contributed by atoms with Crippen LogP contribution in [0.15, 0.2) is 0 Å². The van der Waals surface area contributed by atoms with Gasteiger partial charge in [-0.15, -0.1) is 0 Å². The second kappa shape index (κ2) is 1.77. The Morgan fingerprint density at radius 1 is 1.60 bits per heavy atom. The van der Waals surface area contributed by atoms with Gasteiger partial charge in [0.05, 0.1) is 12.0 Å². The molecule has 1 aliphatic heterocycles. The van der Waals surface area contributed by atoms with Gasteiger partial charge < -0.3 is 4.74 Å². The van der Waals surface area contributed by atoms with Crippen LogP contribution in [-0.2, 0) is 4.74 Å². The van der Waals surface area contributed by atoms with Gasteiger partial charge in [0.2, 0.25) is 0 Å². The van der Waals surface area contributed by atoms with Gasteiger partial charge in [-0.1, -0.05) is 11.8 Å². The van der Waals surface area contributed by atoms with Crippen LogP contribution in [0.4, 0.5) is 0 Å². The first-order valence-corrected chi connectivity index (χ1v) is 3.87. The van der Waals surface area contributed by atoms with Crippen LogP contribution in [0, 0.1) is 23.2 Å². The third-order valence-corrected chi connectivity index (χ3v) is 2.67. The minimum absolute atomic E-state index is 0.303. The molecule has 0 aromatic heterocycles. The molecule has 3 atom stereocenters. The molecule has 0 N–H and O–H groups in total. The van der Waals surface area contributed by atoms with E-state index in [9.17, 15) is 0 Å². The molecule has 1 nitrogen and oxygen atoms in total. The maximum Gasteiger partial charge on any atom is 0.0699 e. The molecule has 0 bridgehead atoms. The first kappa shape index (κ1) is 6.24. The first-order chi connectivity index (χ1) is 4.72. The van der Waals surface area contributed by atoms with Crippen molar-refractivity contribution in [3.05, 3.63) is 0 Å². The smallest absolute Gasteiger partial charge is 0.0699 e. The maximum absolute atomic E-state index is 5.47. The summed E-state index contributed by atoms with van der Waals surface area (Å²) in [7, 11) is 0. The second-order valence-corrected chi connectivity index (χ2v) is 3.49. The van der Waals surface area contributed by atoms with Gasteiger partial charge in [0.25, 0.3) is 0 Å². The molecule has 0 saturated carbocycles. The highest BCUT2D eigenvalue weighted by Crippen LogP contribution is 2.42. The van der Waals surface area contributed by atoms with Crippen LogP contribution in [0.5, 0.6) is 0 Å². The van der Waals surface area contributed by atoms with E-state index >= 15 is 0 Å². The molecule has 0 aromatic carbocycles. The van der Waals surface area contributed by atoms with Crippen molar-refractivity contribution in [3.63, 3.8) is 0 Å². The number of hydrogen-bond donors (Lipinski definition) is 0. The molecule has 0 spiro atoms.